The Hall–Kier alpha value is -3.97. The molecule has 1 aliphatic heterocycles. The molecule has 1 fully saturated rings. The van der Waals surface area contributed by atoms with Crippen molar-refractivity contribution in [3.05, 3.63) is 90.4 Å². The van der Waals surface area contributed by atoms with Crippen molar-refractivity contribution in [1.29, 1.82) is 5.41 Å². The summed E-state index contributed by atoms with van der Waals surface area (Å²) in [5, 5.41) is 16.5. The molecule has 1 aromatic carbocycles. The molecule has 3 aromatic heterocycles. The van der Waals surface area contributed by atoms with E-state index >= 15 is 0 Å². The van der Waals surface area contributed by atoms with E-state index in [1.807, 2.05) is 22.7 Å². The van der Waals surface area contributed by atoms with E-state index in [-0.39, 0.29) is 0 Å². The van der Waals surface area contributed by atoms with Crippen LogP contribution in [-0.2, 0) is 4.74 Å². The SMILES string of the molecule is Cc1ccc(-c2cc3cc(N/C=C\C(=N)c4ccccn4)cc(N4CCOCC4)n3n2)cc1. The van der Waals surface area contributed by atoms with E-state index in [0.717, 1.165) is 41.4 Å². The van der Waals surface area contributed by atoms with Gasteiger partial charge in [-0.15, -0.1) is 0 Å². The van der Waals surface area contributed by atoms with Crippen LogP contribution >= 0.6 is 0 Å². The fraction of sp³-hybridized carbons (Fsp3) is 0.192. The van der Waals surface area contributed by atoms with Crippen LogP contribution in [-0.4, -0.2) is 46.6 Å². The molecular weight excluding hydrogens is 412 g/mol. The van der Waals surface area contributed by atoms with Gasteiger partial charge in [-0.1, -0.05) is 35.9 Å². The van der Waals surface area contributed by atoms with E-state index in [9.17, 15) is 0 Å². The standard InChI is InChI=1S/C26H26N6O/c1-19-5-7-20(8-6-19)25-18-22-16-21(28-11-9-23(27)24-4-2-3-10-29-24)17-26(32(22)30-25)31-12-14-33-15-13-31/h2-11,16-18,27-28H,12-15H2,1H3/b11-9-,27-23?. The number of nitrogens with one attached hydrogen (secondary N) is 2. The molecule has 1 saturated heterocycles. The summed E-state index contributed by atoms with van der Waals surface area (Å²) in [5.41, 5.74) is 6.19. The summed E-state index contributed by atoms with van der Waals surface area (Å²) in [6, 6.07) is 20.3. The lowest BCUT2D eigenvalue weighted by atomic mass is 10.1. The van der Waals surface area contributed by atoms with Crippen LogP contribution in [0.1, 0.15) is 11.3 Å². The normalized spacial score (nSPS) is 14.2. The van der Waals surface area contributed by atoms with Crippen molar-refractivity contribution in [3.63, 3.8) is 0 Å². The highest BCUT2D eigenvalue weighted by atomic mass is 16.5. The van der Waals surface area contributed by atoms with E-state index in [4.69, 9.17) is 15.2 Å². The molecule has 0 atom stereocenters. The number of benzene rings is 1. The van der Waals surface area contributed by atoms with Gasteiger partial charge in [0.05, 0.1) is 35.8 Å². The third-order valence-electron chi connectivity index (χ3n) is 5.67. The highest BCUT2D eigenvalue weighted by Crippen LogP contribution is 2.28. The summed E-state index contributed by atoms with van der Waals surface area (Å²) in [4.78, 5) is 6.52. The van der Waals surface area contributed by atoms with Crippen LogP contribution < -0.4 is 10.2 Å². The molecule has 0 radical (unpaired) electrons. The van der Waals surface area contributed by atoms with Crippen molar-refractivity contribution in [2.75, 3.05) is 36.5 Å². The van der Waals surface area contributed by atoms with Crippen LogP contribution in [0.15, 0.2) is 79.1 Å². The highest BCUT2D eigenvalue weighted by molar-refractivity contribution is 6.05. The Kier molecular flexibility index (Phi) is 5.87. The first-order chi connectivity index (χ1) is 16.2. The highest BCUT2D eigenvalue weighted by Gasteiger charge is 2.17. The number of aryl methyl sites for hydroxylation is 1. The zero-order valence-corrected chi connectivity index (χ0v) is 18.5. The van der Waals surface area contributed by atoms with Gasteiger partial charge in [-0.2, -0.15) is 5.10 Å². The number of anilines is 2. The third kappa shape index (κ3) is 4.63. The van der Waals surface area contributed by atoms with Crippen molar-refractivity contribution in [2.45, 2.75) is 6.92 Å². The average Bonchev–Trinajstić information content (AvgIpc) is 3.29. The van der Waals surface area contributed by atoms with E-state index in [1.165, 1.54) is 5.56 Å². The monoisotopic (exact) mass is 438 g/mol. The minimum Gasteiger partial charge on any atom is -0.378 e. The van der Waals surface area contributed by atoms with Gasteiger partial charge in [0.2, 0.25) is 0 Å². The molecule has 5 rings (SSSR count). The number of aromatic nitrogens is 3. The van der Waals surface area contributed by atoms with Crippen molar-refractivity contribution in [3.8, 4) is 11.3 Å². The van der Waals surface area contributed by atoms with E-state index in [1.54, 1.807) is 18.5 Å². The van der Waals surface area contributed by atoms with Crippen LogP contribution in [0.5, 0.6) is 0 Å². The third-order valence-corrected chi connectivity index (χ3v) is 5.67. The van der Waals surface area contributed by atoms with Gasteiger partial charge in [0.15, 0.2) is 0 Å². The quantitative estimate of drug-likeness (QED) is 0.432. The fourth-order valence-electron chi connectivity index (χ4n) is 3.88. The maximum Gasteiger partial charge on any atom is 0.132 e. The molecule has 0 saturated carbocycles. The van der Waals surface area contributed by atoms with Crippen LogP contribution in [0.3, 0.4) is 0 Å². The van der Waals surface area contributed by atoms with Crippen molar-refractivity contribution in [1.82, 2.24) is 14.6 Å². The Morgan fingerprint density at radius 2 is 1.88 bits per heavy atom. The number of ether oxygens (including phenoxy) is 1. The number of hydrogen-bond donors (Lipinski definition) is 2. The van der Waals surface area contributed by atoms with Gasteiger partial charge in [0.25, 0.3) is 0 Å². The Balaban J connectivity index is 1.47. The van der Waals surface area contributed by atoms with Crippen LogP contribution in [0.4, 0.5) is 11.5 Å². The molecule has 7 heteroatoms. The Morgan fingerprint density at radius 3 is 2.64 bits per heavy atom. The number of fused-ring (bicyclic) bond motifs is 1. The zero-order chi connectivity index (χ0) is 22.6. The Bertz CT molecular complexity index is 1290. The zero-order valence-electron chi connectivity index (χ0n) is 18.5. The summed E-state index contributed by atoms with van der Waals surface area (Å²) < 4.78 is 7.56. The maximum atomic E-state index is 8.22. The van der Waals surface area contributed by atoms with E-state index in [0.29, 0.717) is 24.6 Å². The lowest BCUT2D eigenvalue weighted by molar-refractivity contribution is 0.122. The molecule has 166 valence electrons. The smallest absolute Gasteiger partial charge is 0.132 e. The largest absolute Gasteiger partial charge is 0.378 e. The fourth-order valence-corrected chi connectivity index (χ4v) is 3.88. The van der Waals surface area contributed by atoms with Crippen molar-refractivity contribution >= 4 is 22.7 Å². The Labute approximate surface area is 192 Å². The summed E-state index contributed by atoms with van der Waals surface area (Å²) in [7, 11) is 0. The summed E-state index contributed by atoms with van der Waals surface area (Å²) in [6.45, 7) is 5.12. The number of allylic oxidation sites excluding steroid dienone is 1. The molecule has 0 amide bonds. The number of rotatable bonds is 6. The van der Waals surface area contributed by atoms with Crippen molar-refractivity contribution < 1.29 is 4.74 Å². The lowest BCUT2D eigenvalue weighted by Gasteiger charge is -2.29. The lowest BCUT2D eigenvalue weighted by Crippen LogP contribution is -2.37. The molecule has 0 aliphatic carbocycles. The molecule has 0 bridgehead atoms. The first-order valence-electron chi connectivity index (χ1n) is 11.0. The predicted molar refractivity (Wildman–Crippen MR) is 132 cm³/mol. The minimum atomic E-state index is 0.351. The molecule has 2 N–H and O–H groups in total. The molecule has 4 aromatic rings. The maximum absolute atomic E-state index is 8.22. The average molecular weight is 439 g/mol. The molecule has 0 unspecified atom stereocenters. The second kappa shape index (κ2) is 9.26. The minimum absolute atomic E-state index is 0.351. The Morgan fingerprint density at radius 1 is 1.06 bits per heavy atom. The van der Waals surface area contributed by atoms with Gasteiger partial charge in [0.1, 0.15) is 5.82 Å². The van der Waals surface area contributed by atoms with Gasteiger partial charge in [0, 0.05) is 42.8 Å². The summed E-state index contributed by atoms with van der Waals surface area (Å²) in [5.74, 6) is 1.02. The van der Waals surface area contributed by atoms with Gasteiger partial charge in [-0.3, -0.25) is 10.4 Å². The van der Waals surface area contributed by atoms with Crippen LogP contribution in [0.2, 0.25) is 0 Å². The van der Waals surface area contributed by atoms with Crippen LogP contribution in [0.25, 0.3) is 16.8 Å². The molecule has 1 aliphatic rings. The first kappa shape index (κ1) is 20.9. The summed E-state index contributed by atoms with van der Waals surface area (Å²) in [6.07, 6.45) is 5.19. The summed E-state index contributed by atoms with van der Waals surface area (Å²) >= 11 is 0. The van der Waals surface area contributed by atoms with Gasteiger partial charge < -0.3 is 15.0 Å². The number of hydrogen-bond acceptors (Lipinski definition) is 6. The molecule has 4 heterocycles. The van der Waals surface area contributed by atoms with E-state index in [2.05, 4.69) is 64.6 Å². The topological polar surface area (TPSA) is 78.5 Å². The van der Waals surface area contributed by atoms with Crippen molar-refractivity contribution in [2.24, 2.45) is 0 Å². The molecule has 0 spiro atoms. The number of morpholine rings is 1. The van der Waals surface area contributed by atoms with Gasteiger partial charge in [-0.05, 0) is 37.3 Å². The first-order valence-corrected chi connectivity index (χ1v) is 11.0. The molecule has 7 nitrogen and oxygen atoms in total. The van der Waals surface area contributed by atoms with Gasteiger partial charge in [-0.25, -0.2) is 4.52 Å². The number of nitrogens with zero attached hydrogens (tertiary/aromatic N) is 4. The van der Waals surface area contributed by atoms with Crippen LogP contribution in [0, 0.1) is 12.3 Å². The second-order valence-electron chi connectivity index (χ2n) is 8.04. The predicted octanol–water partition coefficient (Wildman–Crippen LogP) is 4.53. The number of pyridine rings is 2. The molecular formula is C26H26N6O. The van der Waals surface area contributed by atoms with Gasteiger partial charge >= 0.3 is 0 Å². The second-order valence-corrected chi connectivity index (χ2v) is 8.04. The van der Waals surface area contributed by atoms with E-state index < -0.39 is 0 Å². The molecule has 33 heavy (non-hydrogen) atoms.